The van der Waals surface area contributed by atoms with Gasteiger partial charge in [-0.25, -0.2) is 19.6 Å². The van der Waals surface area contributed by atoms with Crippen LogP contribution in [0.1, 0.15) is 37.7 Å². The summed E-state index contributed by atoms with van der Waals surface area (Å²) in [7, 11) is -0.285. The van der Waals surface area contributed by atoms with Crippen molar-refractivity contribution in [2.24, 2.45) is 0 Å². The van der Waals surface area contributed by atoms with Gasteiger partial charge in [0.05, 0.1) is 24.2 Å². The average molecular weight is 537 g/mol. The van der Waals surface area contributed by atoms with E-state index in [0.29, 0.717) is 18.9 Å². The second kappa shape index (κ2) is 10.7. The molecule has 8 nitrogen and oxygen atoms in total. The molecule has 4 rings (SSSR count). The van der Waals surface area contributed by atoms with Crippen molar-refractivity contribution in [2.75, 3.05) is 19.0 Å². The highest BCUT2D eigenvalue weighted by Gasteiger charge is 2.37. The van der Waals surface area contributed by atoms with Gasteiger partial charge in [0.15, 0.2) is 8.32 Å². The molecule has 0 aliphatic rings. The summed E-state index contributed by atoms with van der Waals surface area (Å²) in [6, 6.07) is 7.88. The van der Waals surface area contributed by atoms with Crippen LogP contribution in [0.4, 0.5) is 11.5 Å². The van der Waals surface area contributed by atoms with E-state index < -0.39 is 8.32 Å². The molecule has 0 unspecified atom stereocenters. The van der Waals surface area contributed by atoms with E-state index in [4.69, 9.17) is 19.2 Å². The van der Waals surface area contributed by atoms with Gasteiger partial charge in [0.1, 0.15) is 16.5 Å². The Kier molecular flexibility index (Phi) is 7.82. The number of anilines is 2. The lowest BCUT2D eigenvalue weighted by Crippen LogP contribution is -2.41. The molecule has 10 heteroatoms. The molecule has 196 valence electrons. The monoisotopic (exact) mass is 536 g/mol. The van der Waals surface area contributed by atoms with Gasteiger partial charge in [-0.05, 0) is 50.2 Å². The summed E-state index contributed by atoms with van der Waals surface area (Å²) in [6.45, 7) is 15.9. The Bertz CT molecular complexity index is 1360. The van der Waals surface area contributed by atoms with Crippen molar-refractivity contribution in [1.29, 1.82) is 0 Å². The lowest BCUT2D eigenvalue weighted by molar-refractivity contribution is 0.292. The molecule has 1 N–H and O–H groups in total. The minimum atomic E-state index is -1.90. The van der Waals surface area contributed by atoms with E-state index in [9.17, 15) is 0 Å². The van der Waals surface area contributed by atoms with Crippen molar-refractivity contribution in [2.45, 2.75) is 59.2 Å². The van der Waals surface area contributed by atoms with Gasteiger partial charge in [-0.3, -0.25) is 0 Å². The summed E-state index contributed by atoms with van der Waals surface area (Å²) in [5.74, 6) is 1.35. The van der Waals surface area contributed by atoms with Gasteiger partial charge in [0.2, 0.25) is 5.88 Å². The minimum absolute atomic E-state index is 0.138. The maximum absolute atomic E-state index is 6.56. The zero-order valence-electron chi connectivity index (χ0n) is 22.9. The Balaban J connectivity index is 1.73. The summed E-state index contributed by atoms with van der Waals surface area (Å²) in [4.78, 5) is 13.8. The standard InChI is InChI=1S/C27H36N6O2SSi/c1-18-17-23(33-14-11-22(32-33)26-28-13-16-36-26)20(12-15-35-37(7,8)27(3,4)5)25(29-18)31-21-9-10-24(34-6)30-19(21)2/h9-11,13-14,16-17H,12,15H2,1-8H3,(H,29,31). The number of rotatable bonds is 9. The molecule has 0 atom stereocenters. The molecule has 0 bridgehead atoms. The Morgan fingerprint density at radius 1 is 1.11 bits per heavy atom. The number of pyridine rings is 2. The van der Waals surface area contributed by atoms with Gasteiger partial charge in [0.25, 0.3) is 0 Å². The lowest BCUT2D eigenvalue weighted by Gasteiger charge is -2.36. The predicted molar refractivity (Wildman–Crippen MR) is 153 cm³/mol. The van der Waals surface area contributed by atoms with Crippen molar-refractivity contribution in [3.8, 4) is 22.3 Å². The van der Waals surface area contributed by atoms with Crippen LogP contribution in [0.2, 0.25) is 18.1 Å². The number of aromatic nitrogens is 5. The number of hydrogen-bond donors (Lipinski definition) is 1. The molecule has 0 saturated carbocycles. The Labute approximate surface area is 224 Å². The zero-order chi connectivity index (χ0) is 26.8. The highest BCUT2D eigenvalue weighted by Crippen LogP contribution is 2.37. The van der Waals surface area contributed by atoms with Crippen LogP contribution in [0.5, 0.6) is 5.88 Å². The maximum Gasteiger partial charge on any atom is 0.213 e. The van der Waals surface area contributed by atoms with E-state index in [1.807, 2.05) is 48.3 Å². The van der Waals surface area contributed by atoms with Gasteiger partial charge >= 0.3 is 0 Å². The molecule has 0 radical (unpaired) electrons. The number of methoxy groups -OCH3 is 1. The van der Waals surface area contributed by atoms with Gasteiger partial charge in [-0.1, -0.05) is 20.8 Å². The minimum Gasteiger partial charge on any atom is -0.481 e. The Hall–Kier alpha value is -3.08. The topological polar surface area (TPSA) is 87.0 Å². The molecule has 0 saturated heterocycles. The fraction of sp³-hybridized carbons (Fsp3) is 0.407. The molecule has 0 fully saturated rings. The smallest absolute Gasteiger partial charge is 0.213 e. The van der Waals surface area contributed by atoms with Crippen LogP contribution in [0.25, 0.3) is 16.4 Å². The molecule has 0 aromatic carbocycles. The molecule has 0 spiro atoms. The SMILES string of the molecule is COc1ccc(Nc2nc(C)cc(-n3ccc(-c4nccs4)n3)c2CCO[Si](C)(C)C(C)(C)C)c(C)n1. The van der Waals surface area contributed by atoms with Crippen LogP contribution in [0.3, 0.4) is 0 Å². The third kappa shape index (κ3) is 6.08. The van der Waals surface area contributed by atoms with Crippen LogP contribution < -0.4 is 10.1 Å². The van der Waals surface area contributed by atoms with E-state index in [2.05, 4.69) is 55.2 Å². The van der Waals surface area contributed by atoms with Gasteiger partial charge in [0, 0.05) is 48.1 Å². The first-order valence-electron chi connectivity index (χ1n) is 12.4. The van der Waals surface area contributed by atoms with Gasteiger partial charge in [-0.15, -0.1) is 11.3 Å². The Morgan fingerprint density at radius 3 is 2.54 bits per heavy atom. The van der Waals surface area contributed by atoms with Gasteiger partial charge < -0.3 is 14.5 Å². The number of nitrogens with one attached hydrogen (secondary N) is 1. The molecule has 0 amide bonds. The molecule has 0 aliphatic heterocycles. The molecule has 4 heterocycles. The molecule has 37 heavy (non-hydrogen) atoms. The van der Waals surface area contributed by atoms with Crippen LogP contribution in [0.15, 0.2) is 42.0 Å². The summed E-state index contributed by atoms with van der Waals surface area (Å²) >= 11 is 1.58. The fourth-order valence-corrected chi connectivity index (χ4v) is 5.34. The van der Waals surface area contributed by atoms with Crippen molar-refractivity contribution in [3.05, 3.63) is 59.0 Å². The number of thiazole rings is 1. The van der Waals surface area contributed by atoms with Crippen LogP contribution >= 0.6 is 11.3 Å². The third-order valence-corrected chi connectivity index (χ3v) is 12.2. The molecule has 4 aromatic heterocycles. The van der Waals surface area contributed by atoms with E-state index in [0.717, 1.165) is 44.8 Å². The first kappa shape index (κ1) is 27.0. The van der Waals surface area contributed by atoms with E-state index >= 15 is 0 Å². The van der Waals surface area contributed by atoms with E-state index in [-0.39, 0.29) is 5.04 Å². The highest BCUT2D eigenvalue weighted by atomic mass is 32.1. The van der Waals surface area contributed by atoms with Crippen molar-refractivity contribution in [1.82, 2.24) is 24.7 Å². The van der Waals surface area contributed by atoms with Crippen molar-refractivity contribution in [3.63, 3.8) is 0 Å². The number of nitrogens with zero attached hydrogens (tertiary/aromatic N) is 5. The second-order valence-electron chi connectivity index (χ2n) is 10.6. The third-order valence-electron chi connectivity index (χ3n) is 6.86. The van der Waals surface area contributed by atoms with Gasteiger partial charge in [-0.2, -0.15) is 5.10 Å². The van der Waals surface area contributed by atoms with Crippen LogP contribution in [-0.4, -0.2) is 46.8 Å². The number of ether oxygens (including phenoxy) is 1. The van der Waals surface area contributed by atoms with Crippen LogP contribution in [-0.2, 0) is 10.8 Å². The molecular weight excluding hydrogens is 500 g/mol. The summed E-state index contributed by atoms with van der Waals surface area (Å²) in [6.07, 6.45) is 4.46. The van der Waals surface area contributed by atoms with Crippen LogP contribution in [0, 0.1) is 13.8 Å². The average Bonchev–Trinajstić information content (AvgIpc) is 3.52. The zero-order valence-corrected chi connectivity index (χ0v) is 24.7. The number of hydrogen-bond acceptors (Lipinski definition) is 8. The molecule has 0 aliphatic carbocycles. The van der Waals surface area contributed by atoms with Crippen molar-refractivity contribution < 1.29 is 9.16 Å². The molecule has 4 aromatic rings. The largest absolute Gasteiger partial charge is 0.481 e. The maximum atomic E-state index is 6.56. The fourth-order valence-electron chi connectivity index (χ4n) is 3.69. The summed E-state index contributed by atoms with van der Waals surface area (Å²) < 4.78 is 13.8. The summed E-state index contributed by atoms with van der Waals surface area (Å²) in [5.41, 5.74) is 5.44. The quantitative estimate of drug-likeness (QED) is 0.238. The normalized spacial score (nSPS) is 12.1. The highest BCUT2D eigenvalue weighted by molar-refractivity contribution is 7.13. The Morgan fingerprint density at radius 2 is 1.89 bits per heavy atom. The summed E-state index contributed by atoms with van der Waals surface area (Å²) in [5, 5.41) is 11.4. The second-order valence-corrected chi connectivity index (χ2v) is 16.3. The van der Waals surface area contributed by atoms with E-state index in [1.165, 1.54) is 0 Å². The first-order chi connectivity index (χ1) is 17.5. The molecular formula is C27H36N6O2SSi. The van der Waals surface area contributed by atoms with E-state index in [1.54, 1.807) is 24.6 Å². The van der Waals surface area contributed by atoms with Crippen molar-refractivity contribution >= 4 is 31.2 Å². The first-order valence-corrected chi connectivity index (χ1v) is 16.2. The predicted octanol–water partition coefficient (Wildman–Crippen LogP) is 6.72. The number of aryl methyl sites for hydroxylation is 2. The lowest BCUT2D eigenvalue weighted by atomic mass is 10.1.